The van der Waals surface area contributed by atoms with E-state index in [9.17, 15) is 4.79 Å². The lowest BCUT2D eigenvalue weighted by Crippen LogP contribution is -2.24. The number of amides is 1. The van der Waals surface area contributed by atoms with E-state index in [1.54, 1.807) is 6.92 Å². The lowest BCUT2D eigenvalue weighted by molar-refractivity contribution is -0.121. The molecule has 3 N–H and O–H groups in total. The van der Waals surface area contributed by atoms with Gasteiger partial charge in [-0.25, -0.2) is 0 Å². The molecule has 0 saturated heterocycles. The number of hydrogen-bond acceptors (Lipinski definition) is 2. The highest BCUT2D eigenvalue weighted by Gasteiger charge is 2.03. The molecule has 0 aromatic heterocycles. The monoisotopic (exact) mass is 182 g/mol. The third kappa shape index (κ3) is 7.35. The van der Waals surface area contributed by atoms with Gasteiger partial charge in [-0.05, 0) is 25.8 Å². The second-order valence-electron chi connectivity index (χ2n) is 3.08. The van der Waals surface area contributed by atoms with Gasteiger partial charge in [0.2, 0.25) is 5.91 Å². The summed E-state index contributed by atoms with van der Waals surface area (Å²) in [6, 6.07) is 0. The average molecular weight is 182 g/mol. The van der Waals surface area contributed by atoms with Crippen LogP contribution < -0.4 is 11.1 Å². The van der Waals surface area contributed by atoms with Crippen molar-refractivity contribution in [3.63, 3.8) is 0 Å². The molecule has 0 aliphatic heterocycles. The van der Waals surface area contributed by atoms with Gasteiger partial charge in [0.05, 0.1) is 6.54 Å². The Morgan fingerprint density at radius 1 is 1.62 bits per heavy atom. The third-order valence-electron chi connectivity index (χ3n) is 1.82. The highest BCUT2D eigenvalue weighted by atomic mass is 16.1. The number of carbonyl (C=O) groups excluding carboxylic acids is 1. The zero-order chi connectivity index (χ0) is 10.1. The van der Waals surface area contributed by atoms with Crippen molar-refractivity contribution < 1.29 is 4.79 Å². The molecule has 13 heavy (non-hydrogen) atoms. The Balaban J connectivity index is 3.44. The van der Waals surface area contributed by atoms with Gasteiger partial charge in [0, 0.05) is 6.42 Å². The molecule has 0 aromatic carbocycles. The highest BCUT2D eigenvalue weighted by Crippen LogP contribution is 2.02. The van der Waals surface area contributed by atoms with Gasteiger partial charge >= 0.3 is 0 Å². The predicted molar refractivity (Wildman–Crippen MR) is 53.9 cm³/mol. The van der Waals surface area contributed by atoms with Crippen molar-refractivity contribution in [2.75, 3.05) is 13.1 Å². The van der Waals surface area contributed by atoms with Crippen LogP contribution in [0.2, 0.25) is 0 Å². The molecule has 0 aliphatic carbocycles. The van der Waals surface area contributed by atoms with Crippen molar-refractivity contribution in [3.8, 4) is 11.8 Å². The van der Waals surface area contributed by atoms with E-state index in [0.29, 0.717) is 25.4 Å². The largest absolute Gasteiger partial charge is 0.345 e. The Kier molecular flexibility index (Phi) is 7.04. The smallest absolute Gasteiger partial charge is 0.220 e. The Bertz CT molecular complexity index is 203. The standard InChI is InChI=1S/C10H18N2O/c1-3-4-7-12-10(13)6-5-9(2)8-11/h9H,5-8,11H2,1-2H3,(H,12,13). The quantitative estimate of drug-likeness (QED) is 0.608. The van der Waals surface area contributed by atoms with Crippen molar-refractivity contribution in [1.29, 1.82) is 0 Å². The van der Waals surface area contributed by atoms with Crippen LogP contribution in [0.3, 0.4) is 0 Å². The Labute approximate surface area is 80.1 Å². The molecule has 0 aliphatic rings. The van der Waals surface area contributed by atoms with Crippen LogP contribution in [0.4, 0.5) is 0 Å². The zero-order valence-electron chi connectivity index (χ0n) is 8.39. The first-order valence-electron chi connectivity index (χ1n) is 4.57. The molecule has 0 radical (unpaired) electrons. The number of hydrogen-bond donors (Lipinski definition) is 2. The van der Waals surface area contributed by atoms with Crippen LogP contribution in [0, 0.1) is 17.8 Å². The molecule has 1 amide bonds. The number of nitrogens with two attached hydrogens (primary N) is 1. The second-order valence-corrected chi connectivity index (χ2v) is 3.08. The summed E-state index contributed by atoms with van der Waals surface area (Å²) in [7, 11) is 0. The lowest BCUT2D eigenvalue weighted by Gasteiger charge is -2.06. The van der Waals surface area contributed by atoms with Gasteiger partial charge in [-0.1, -0.05) is 12.8 Å². The summed E-state index contributed by atoms with van der Waals surface area (Å²) in [4.78, 5) is 11.1. The predicted octanol–water partition coefficient (Wildman–Crippen LogP) is 0.501. The molecule has 3 nitrogen and oxygen atoms in total. The van der Waals surface area contributed by atoms with Crippen molar-refractivity contribution >= 4 is 5.91 Å². The van der Waals surface area contributed by atoms with E-state index >= 15 is 0 Å². The van der Waals surface area contributed by atoms with Gasteiger partial charge in [-0.15, -0.1) is 5.92 Å². The van der Waals surface area contributed by atoms with Gasteiger partial charge in [0.1, 0.15) is 0 Å². The van der Waals surface area contributed by atoms with E-state index in [-0.39, 0.29) is 5.91 Å². The van der Waals surface area contributed by atoms with E-state index in [4.69, 9.17) is 5.73 Å². The molecule has 0 saturated carbocycles. The molecule has 1 atom stereocenters. The fourth-order valence-corrected chi connectivity index (χ4v) is 0.815. The minimum absolute atomic E-state index is 0.0584. The minimum atomic E-state index is 0.0584. The molecule has 1 unspecified atom stereocenters. The van der Waals surface area contributed by atoms with Crippen LogP contribution in [0.15, 0.2) is 0 Å². The molecule has 3 heteroatoms. The van der Waals surface area contributed by atoms with Crippen molar-refractivity contribution in [2.24, 2.45) is 11.7 Å². The molecule has 0 spiro atoms. The molecular formula is C10H18N2O. The Morgan fingerprint density at radius 3 is 2.85 bits per heavy atom. The first-order chi connectivity index (χ1) is 6.20. The van der Waals surface area contributed by atoms with E-state index in [2.05, 4.69) is 17.2 Å². The van der Waals surface area contributed by atoms with Crippen LogP contribution >= 0.6 is 0 Å². The molecular weight excluding hydrogens is 164 g/mol. The van der Waals surface area contributed by atoms with E-state index in [0.717, 1.165) is 6.42 Å². The zero-order valence-corrected chi connectivity index (χ0v) is 8.39. The van der Waals surface area contributed by atoms with Crippen molar-refractivity contribution in [2.45, 2.75) is 26.7 Å². The Morgan fingerprint density at radius 2 is 2.31 bits per heavy atom. The summed E-state index contributed by atoms with van der Waals surface area (Å²) in [6.07, 6.45) is 1.39. The van der Waals surface area contributed by atoms with Gasteiger partial charge in [0.25, 0.3) is 0 Å². The maximum absolute atomic E-state index is 11.1. The minimum Gasteiger partial charge on any atom is -0.345 e. The lowest BCUT2D eigenvalue weighted by atomic mass is 10.1. The molecule has 0 aromatic rings. The van der Waals surface area contributed by atoms with Crippen LogP contribution in [0.5, 0.6) is 0 Å². The van der Waals surface area contributed by atoms with Crippen LogP contribution in [0.25, 0.3) is 0 Å². The van der Waals surface area contributed by atoms with E-state index < -0.39 is 0 Å². The fraction of sp³-hybridized carbons (Fsp3) is 0.700. The van der Waals surface area contributed by atoms with Crippen LogP contribution in [0.1, 0.15) is 26.7 Å². The van der Waals surface area contributed by atoms with Gasteiger partial charge in [-0.2, -0.15) is 0 Å². The maximum Gasteiger partial charge on any atom is 0.220 e. The molecule has 0 fully saturated rings. The third-order valence-corrected chi connectivity index (χ3v) is 1.82. The summed E-state index contributed by atoms with van der Waals surface area (Å²) < 4.78 is 0. The highest BCUT2D eigenvalue weighted by molar-refractivity contribution is 5.76. The fourth-order valence-electron chi connectivity index (χ4n) is 0.815. The number of nitrogens with one attached hydrogen (secondary N) is 1. The van der Waals surface area contributed by atoms with Crippen LogP contribution in [-0.2, 0) is 4.79 Å². The first kappa shape index (κ1) is 12.0. The Hall–Kier alpha value is -1.01. The summed E-state index contributed by atoms with van der Waals surface area (Å²) in [5, 5.41) is 2.71. The normalized spacial score (nSPS) is 11.3. The summed E-state index contributed by atoms with van der Waals surface area (Å²) >= 11 is 0. The SMILES string of the molecule is CC#CCNC(=O)CCC(C)CN. The number of rotatable bonds is 5. The van der Waals surface area contributed by atoms with E-state index in [1.807, 2.05) is 6.92 Å². The van der Waals surface area contributed by atoms with Gasteiger partial charge in [-0.3, -0.25) is 4.79 Å². The molecule has 74 valence electrons. The first-order valence-corrected chi connectivity index (χ1v) is 4.57. The number of carbonyl (C=O) groups is 1. The maximum atomic E-state index is 11.1. The van der Waals surface area contributed by atoms with E-state index in [1.165, 1.54) is 0 Å². The summed E-state index contributed by atoms with van der Waals surface area (Å²) in [5.41, 5.74) is 5.43. The van der Waals surface area contributed by atoms with Crippen molar-refractivity contribution in [3.05, 3.63) is 0 Å². The summed E-state index contributed by atoms with van der Waals surface area (Å²) in [6.45, 7) is 4.89. The van der Waals surface area contributed by atoms with Gasteiger partial charge in [0.15, 0.2) is 0 Å². The van der Waals surface area contributed by atoms with Gasteiger partial charge < -0.3 is 11.1 Å². The van der Waals surface area contributed by atoms with Crippen LogP contribution in [-0.4, -0.2) is 19.0 Å². The topological polar surface area (TPSA) is 55.1 Å². The second kappa shape index (κ2) is 7.63. The average Bonchev–Trinajstić information content (AvgIpc) is 2.14. The molecule has 0 rings (SSSR count). The molecule has 0 bridgehead atoms. The summed E-state index contributed by atoms with van der Waals surface area (Å²) in [5.74, 6) is 5.97. The molecule has 0 heterocycles. The van der Waals surface area contributed by atoms with Crippen molar-refractivity contribution in [1.82, 2.24) is 5.32 Å².